The summed E-state index contributed by atoms with van der Waals surface area (Å²) in [6.07, 6.45) is 1.98. The Kier molecular flexibility index (Phi) is 5.21. The number of likely N-dealkylation sites (tertiary alicyclic amines) is 1. The number of carbonyl (C=O) groups excluding carboxylic acids is 1. The van der Waals surface area contributed by atoms with E-state index in [4.69, 9.17) is 9.47 Å². The highest BCUT2D eigenvalue weighted by Gasteiger charge is 2.34. The molecule has 1 atom stereocenters. The molecule has 1 fully saturated rings. The number of fused-ring (bicyclic) bond motifs is 1. The molecule has 2 aliphatic rings. The highest BCUT2D eigenvalue weighted by molar-refractivity contribution is 5.74. The van der Waals surface area contributed by atoms with Crippen molar-refractivity contribution < 1.29 is 14.3 Å². The molecule has 0 saturated carbocycles. The summed E-state index contributed by atoms with van der Waals surface area (Å²) in [6.45, 7) is 5.57. The van der Waals surface area contributed by atoms with Gasteiger partial charge in [-0.05, 0) is 25.0 Å². The SMILES string of the molecule is COc1cccc(OC)c1CN1CCn2c(nnc2C2CCCN2C(C)=O)C1. The molecule has 1 amide bonds. The van der Waals surface area contributed by atoms with Crippen molar-refractivity contribution >= 4 is 5.91 Å². The van der Waals surface area contributed by atoms with Crippen molar-refractivity contribution in [2.24, 2.45) is 0 Å². The Bertz CT molecular complexity index is 843. The van der Waals surface area contributed by atoms with E-state index >= 15 is 0 Å². The number of rotatable bonds is 5. The predicted molar refractivity (Wildman–Crippen MR) is 103 cm³/mol. The van der Waals surface area contributed by atoms with Gasteiger partial charge < -0.3 is 18.9 Å². The maximum atomic E-state index is 11.9. The van der Waals surface area contributed by atoms with Crippen LogP contribution in [0.1, 0.15) is 43.0 Å². The third-order valence-electron chi connectivity index (χ3n) is 5.73. The van der Waals surface area contributed by atoms with Crippen LogP contribution in [0.25, 0.3) is 0 Å². The summed E-state index contributed by atoms with van der Waals surface area (Å²) in [4.78, 5) is 16.2. The van der Waals surface area contributed by atoms with Crippen LogP contribution in [0.15, 0.2) is 18.2 Å². The van der Waals surface area contributed by atoms with E-state index in [2.05, 4.69) is 19.7 Å². The molecule has 1 unspecified atom stereocenters. The molecule has 3 heterocycles. The lowest BCUT2D eigenvalue weighted by Crippen LogP contribution is -2.36. The van der Waals surface area contributed by atoms with Crippen LogP contribution in [-0.2, 0) is 24.4 Å². The Morgan fingerprint density at radius 1 is 1.14 bits per heavy atom. The summed E-state index contributed by atoms with van der Waals surface area (Å²) in [5, 5.41) is 8.91. The van der Waals surface area contributed by atoms with Crippen LogP contribution in [0.4, 0.5) is 0 Å². The summed E-state index contributed by atoms with van der Waals surface area (Å²) in [6, 6.07) is 5.90. The van der Waals surface area contributed by atoms with Crippen LogP contribution in [0.2, 0.25) is 0 Å². The van der Waals surface area contributed by atoms with Crippen molar-refractivity contribution in [1.82, 2.24) is 24.6 Å². The lowest BCUT2D eigenvalue weighted by molar-refractivity contribution is -0.129. The number of hydrogen-bond acceptors (Lipinski definition) is 6. The van der Waals surface area contributed by atoms with E-state index in [0.717, 1.165) is 67.7 Å². The summed E-state index contributed by atoms with van der Waals surface area (Å²) in [7, 11) is 3.36. The Morgan fingerprint density at radius 2 is 1.89 bits per heavy atom. The van der Waals surface area contributed by atoms with Crippen molar-refractivity contribution in [2.45, 2.75) is 45.4 Å². The molecule has 150 valence electrons. The molecule has 1 aromatic carbocycles. The second-order valence-corrected chi connectivity index (χ2v) is 7.35. The minimum absolute atomic E-state index is 0.0552. The summed E-state index contributed by atoms with van der Waals surface area (Å²) in [5.41, 5.74) is 1.04. The van der Waals surface area contributed by atoms with Crippen molar-refractivity contribution in [3.63, 3.8) is 0 Å². The molecule has 0 N–H and O–H groups in total. The number of ether oxygens (including phenoxy) is 2. The zero-order valence-corrected chi connectivity index (χ0v) is 16.7. The van der Waals surface area contributed by atoms with E-state index in [-0.39, 0.29) is 11.9 Å². The number of nitrogens with zero attached hydrogens (tertiary/aromatic N) is 5. The molecule has 0 bridgehead atoms. The molecule has 8 heteroatoms. The molecule has 2 aliphatic heterocycles. The molecular weight excluding hydrogens is 358 g/mol. The topological polar surface area (TPSA) is 72.7 Å². The normalized spacial score (nSPS) is 19.5. The number of benzene rings is 1. The van der Waals surface area contributed by atoms with Gasteiger partial charge in [0.15, 0.2) is 5.82 Å². The third kappa shape index (κ3) is 3.32. The number of hydrogen-bond donors (Lipinski definition) is 0. The van der Waals surface area contributed by atoms with E-state index in [9.17, 15) is 4.79 Å². The summed E-state index contributed by atoms with van der Waals surface area (Å²) in [5.74, 6) is 3.65. The van der Waals surface area contributed by atoms with Crippen LogP contribution in [0.3, 0.4) is 0 Å². The molecular formula is C20H27N5O3. The smallest absolute Gasteiger partial charge is 0.220 e. The maximum absolute atomic E-state index is 11.9. The van der Waals surface area contributed by atoms with E-state index in [1.54, 1.807) is 21.1 Å². The Morgan fingerprint density at radius 3 is 2.57 bits per heavy atom. The van der Waals surface area contributed by atoms with Gasteiger partial charge in [-0.25, -0.2) is 0 Å². The quantitative estimate of drug-likeness (QED) is 0.784. The number of carbonyl (C=O) groups is 1. The molecule has 8 nitrogen and oxygen atoms in total. The average molecular weight is 385 g/mol. The number of amides is 1. The Labute approximate surface area is 165 Å². The van der Waals surface area contributed by atoms with Gasteiger partial charge >= 0.3 is 0 Å². The molecule has 1 aromatic heterocycles. The Hall–Kier alpha value is -2.61. The lowest BCUT2D eigenvalue weighted by atomic mass is 10.1. The first-order chi connectivity index (χ1) is 13.6. The van der Waals surface area contributed by atoms with E-state index in [1.165, 1.54) is 0 Å². The zero-order chi connectivity index (χ0) is 19.7. The van der Waals surface area contributed by atoms with Gasteiger partial charge in [0, 0.05) is 33.1 Å². The van der Waals surface area contributed by atoms with Gasteiger partial charge in [-0.1, -0.05) is 6.07 Å². The fraction of sp³-hybridized carbons (Fsp3) is 0.550. The molecule has 0 spiro atoms. The first-order valence-electron chi connectivity index (χ1n) is 9.73. The van der Waals surface area contributed by atoms with Gasteiger partial charge in [-0.2, -0.15) is 0 Å². The van der Waals surface area contributed by atoms with Crippen LogP contribution >= 0.6 is 0 Å². The molecule has 1 saturated heterocycles. The largest absolute Gasteiger partial charge is 0.496 e. The van der Waals surface area contributed by atoms with E-state index < -0.39 is 0 Å². The third-order valence-corrected chi connectivity index (χ3v) is 5.73. The summed E-state index contributed by atoms with van der Waals surface area (Å²) >= 11 is 0. The number of methoxy groups -OCH3 is 2. The highest BCUT2D eigenvalue weighted by atomic mass is 16.5. The molecule has 0 radical (unpaired) electrons. The lowest BCUT2D eigenvalue weighted by Gasteiger charge is -2.30. The van der Waals surface area contributed by atoms with Crippen LogP contribution in [0, 0.1) is 0 Å². The highest BCUT2D eigenvalue weighted by Crippen LogP contribution is 2.33. The van der Waals surface area contributed by atoms with Gasteiger partial charge in [0.05, 0.1) is 32.4 Å². The van der Waals surface area contributed by atoms with Crippen LogP contribution < -0.4 is 9.47 Å². The minimum Gasteiger partial charge on any atom is -0.496 e. The first-order valence-corrected chi connectivity index (χ1v) is 9.73. The van der Waals surface area contributed by atoms with Gasteiger partial charge in [0.25, 0.3) is 0 Å². The van der Waals surface area contributed by atoms with Gasteiger partial charge in [0.1, 0.15) is 17.3 Å². The van der Waals surface area contributed by atoms with Gasteiger partial charge in [-0.15, -0.1) is 10.2 Å². The standard InChI is InChI=1S/C20H27N5O3/c1-14(26)24-9-5-6-16(24)20-22-21-19-13-23(10-11-25(19)20)12-15-17(27-2)7-4-8-18(15)28-3/h4,7-8,16H,5-6,9-13H2,1-3H3. The molecule has 4 rings (SSSR count). The van der Waals surface area contributed by atoms with Gasteiger partial charge in [-0.3, -0.25) is 9.69 Å². The second kappa shape index (κ2) is 7.79. The molecule has 0 aliphatic carbocycles. The predicted octanol–water partition coefficient (Wildman–Crippen LogP) is 1.99. The first kappa shape index (κ1) is 18.7. The van der Waals surface area contributed by atoms with Gasteiger partial charge in [0.2, 0.25) is 5.91 Å². The van der Waals surface area contributed by atoms with Crippen molar-refractivity contribution in [3.8, 4) is 11.5 Å². The van der Waals surface area contributed by atoms with E-state index in [1.807, 2.05) is 23.1 Å². The molecule has 28 heavy (non-hydrogen) atoms. The monoisotopic (exact) mass is 385 g/mol. The maximum Gasteiger partial charge on any atom is 0.220 e. The fourth-order valence-corrected chi connectivity index (χ4v) is 4.33. The fourth-order valence-electron chi connectivity index (χ4n) is 4.33. The number of aromatic nitrogens is 3. The Balaban J connectivity index is 1.53. The van der Waals surface area contributed by atoms with Crippen LogP contribution in [0.5, 0.6) is 11.5 Å². The zero-order valence-electron chi connectivity index (χ0n) is 16.7. The molecule has 2 aromatic rings. The van der Waals surface area contributed by atoms with Crippen molar-refractivity contribution in [2.75, 3.05) is 27.3 Å². The van der Waals surface area contributed by atoms with E-state index in [0.29, 0.717) is 6.54 Å². The average Bonchev–Trinajstić information content (AvgIpc) is 3.34. The van der Waals surface area contributed by atoms with Crippen molar-refractivity contribution in [1.29, 1.82) is 0 Å². The van der Waals surface area contributed by atoms with Crippen molar-refractivity contribution in [3.05, 3.63) is 35.4 Å². The minimum atomic E-state index is 0.0552. The summed E-state index contributed by atoms with van der Waals surface area (Å²) < 4.78 is 13.3. The van der Waals surface area contributed by atoms with Crippen LogP contribution in [-0.4, -0.2) is 57.8 Å². The second-order valence-electron chi connectivity index (χ2n) is 7.35.